The first-order valence-electron chi connectivity index (χ1n) is 4.23. The minimum atomic E-state index is 0.224. The Hall–Kier alpha value is -1.90. The Morgan fingerprint density at radius 3 is 3.07 bits per heavy atom. The Morgan fingerprint density at radius 2 is 2.21 bits per heavy atom. The number of pyridine rings is 1. The lowest BCUT2D eigenvalue weighted by Crippen LogP contribution is -1.91. The van der Waals surface area contributed by atoms with Gasteiger partial charge >= 0.3 is 6.47 Å². The van der Waals surface area contributed by atoms with Crippen molar-refractivity contribution >= 4 is 17.4 Å². The van der Waals surface area contributed by atoms with Gasteiger partial charge in [-0.3, -0.25) is 4.98 Å². The van der Waals surface area contributed by atoms with E-state index in [0.717, 1.165) is 16.5 Å². The molecule has 1 aromatic heterocycles. The number of ether oxygens (including phenoxy) is 1. The molecular formula is C11H8NO2. The van der Waals surface area contributed by atoms with Crippen LogP contribution in [0.1, 0.15) is 5.56 Å². The van der Waals surface area contributed by atoms with Gasteiger partial charge in [-0.05, 0) is 12.1 Å². The average Bonchev–Trinajstić information content (AvgIpc) is 2.26. The van der Waals surface area contributed by atoms with Gasteiger partial charge in [-0.25, -0.2) is 4.79 Å². The third kappa shape index (κ3) is 1.71. The zero-order valence-electron chi connectivity index (χ0n) is 7.43. The summed E-state index contributed by atoms with van der Waals surface area (Å²) in [6.07, 6.45) is 1.69. The van der Waals surface area contributed by atoms with E-state index in [1.165, 1.54) is 6.47 Å². The molecule has 0 aliphatic rings. The standard InChI is InChI=1S/C11H8NO2/c13-8-14-7-9-5-10-3-1-2-4-11(10)12-6-9/h1-6H,7H2. The van der Waals surface area contributed by atoms with E-state index in [4.69, 9.17) is 0 Å². The molecule has 0 aliphatic heterocycles. The van der Waals surface area contributed by atoms with Crippen LogP contribution < -0.4 is 0 Å². The summed E-state index contributed by atoms with van der Waals surface area (Å²) in [5, 5.41) is 1.04. The maximum atomic E-state index is 9.87. The molecule has 14 heavy (non-hydrogen) atoms. The molecule has 0 aliphatic carbocycles. The van der Waals surface area contributed by atoms with E-state index in [9.17, 15) is 4.79 Å². The second-order valence-electron chi connectivity index (χ2n) is 2.91. The van der Waals surface area contributed by atoms with Crippen molar-refractivity contribution in [3.8, 4) is 0 Å². The highest BCUT2D eigenvalue weighted by Gasteiger charge is 1.97. The van der Waals surface area contributed by atoms with Crippen LogP contribution in [0.25, 0.3) is 10.9 Å². The smallest absolute Gasteiger partial charge is 0.417 e. The van der Waals surface area contributed by atoms with Crippen LogP contribution in [-0.4, -0.2) is 11.5 Å². The fraction of sp³-hybridized carbons (Fsp3) is 0.0909. The minimum Gasteiger partial charge on any atom is -0.452 e. The summed E-state index contributed by atoms with van der Waals surface area (Å²) in [6.45, 7) is 1.61. The van der Waals surface area contributed by atoms with E-state index in [0.29, 0.717) is 0 Å². The van der Waals surface area contributed by atoms with Gasteiger partial charge in [0.25, 0.3) is 0 Å². The third-order valence-electron chi connectivity index (χ3n) is 1.94. The van der Waals surface area contributed by atoms with E-state index >= 15 is 0 Å². The third-order valence-corrected chi connectivity index (χ3v) is 1.94. The molecule has 0 N–H and O–H groups in total. The van der Waals surface area contributed by atoms with Crippen LogP contribution in [0.5, 0.6) is 0 Å². The van der Waals surface area contributed by atoms with Gasteiger partial charge in [-0.2, -0.15) is 0 Å². The van der Waals surface area contributed by atoms with E-state index in [1.807, 2.05) is 30.3 Å². The molecule has 0 unspecified atom stereocenters. The van der Waals surface area contributed by atoms with Crippen molar-refractivity contribution in [1.29, 1.82) is 0 Å². The molecule has 3 nitrogen and oxygen atoms in total. The summed E-state index contributed by atoms with van der Waals surface area (Å²) in [7, 11) is 0. The molecule has 0 amide bonds. The highest BCUT2D eigenvalue weighted by atomic mass is 16.5. The number of carbonyl (C=O) groups excluding carboxylic acids is 1. The number of fused-ring (bicyclic) bond motifs is 1. The van der Waals surface area contributed by atoms with E-state index in [2.05, 4.69) is 9.72 Å². The number of nitrogens with zero attached hydrogens (tertiary/aromatic N) is 1. The van der Waals surface area contributed by atoms with Crippen LogP contribution in [0.3, 0.4) is 0 Å². The largest absolute Gasteiger partial charge is 0.452 e. The van der Waals surface area contributed by atoms with Gasteiger partial charge in [-0.1, -0.05) is 18.2 Å². The molecule has 0 fully saturated rings. The van der Waals surface area contributed by atoms with Gasteiger partial charge in [0.2, 0.25) is 0 Å². The molecule has 2 rings (SSSR count). The van der Waals surface area contributed by atoms with Crippen molar-refractivity contribution in [3.05, 3.63) is 42.1 Å². The van der Waals surface area contributed by atoms with Crippen LogP contribution >= 0.6 is 0 Å². The number of hydrogen-bond donors (Lipinski definition) is 0. The number of hydrogen-bond acceptors (Lipinski definition) is 3. The second-order valence-corrected chi connectivity index (χ2v) is 2.91. The molecule has 1 heterocycles. The average molecular weight is 186 g/mol. The summed E-state index contributed by atoms with van der Waals surface area (Å²) in [5.41, 5.74) is 1.80. The monoisotopic (exact) mass is 186 g/mol. The predicted molar refractivity (Wildman–Crippen MR) is 52.2 cm³/mol. The van der Waals surface area contributed by atoms with Crippen molar-refractivity contribution in [2.75, 3.05) is 0 Å². The molecule has 0 atom stereocenters. The molecule has 0 saturated carbocycles. The topological polar surface area (TPSA) is 39.2 Å². The fourth-order valence-corrected chi connectivity index (χ4v) is 1.31. The Balaban J connectivity index is 2.36. The summed E-state index contributed by atoms with van der Waals surface area (Å²) in [6, 6.07) is 9.73. The molecule has 1 radical (unpaired) electrons. The zero-order valence-corrected chi connectivity index (χ0v) is 7.43. The maximum Gasteiger partial charge on any atom is 0.417 e. The predicted octanol–water partition coefficient (Wildman–Crippen LogP) is 1.82. The Kier molecular flexibility index (Phi) is 2.40. The normalized spacial score (nSPS) is 10.0. The van der Waals surface area contributed by atoms with Gasteiger partial charge in [0.15, 0.2) is 0 Å². The molecule has 69 valence electrons. The molecule has 0 spiro atoms. The van der Waals surface area contributed by atoms with Gasteiger partial charge < -0.3 is 4.74 Å². The molecular weight excluding hydrogens is 178 g/mol. The van der Waals surface area contributed by atoms with Crippen LogP contribution in [-0.2, 0) is 16.1 Å². The van der Waals surface area contributed by atoms with Gasteiger partial charge in [0, 0.05) is 17.1 Å². The Bertz CT molecular complexity index is 454. The van der Waals surface area contributed by atoms with Gasteiger partial charge in [0.05, 0.1) is 5.52 Å². The fourth-order valence-electron chi connectivity index (χ4n) is 1.31. The number of para-hydroxylation sites is 1. The van der Waals surface area contributed by atoms with Crippen molar-refractivity contribution in [2.45, 2.75) is 6.61 Å². The van der Waals surface area contributed by atoms with Crippen LogP contribution in [0.15, 0.2) is 36.5 Å². The first kappa shape index (κ1) is 8.69. The summed E-state index contributed by atoms with van der Waals surface area (Å²) in [4.78, 5) is 14.1. The van der Waals surface area contributed by atoms with Crippen molar-refractivity contribution in [3.63, 3.8) is 0 Å². The summed E-state index contributed by atoms with van der Waals surface area (Å²) < 4.78 is 4.52. The number of aromatic nitrogens is 1. The highest BCUT2D eigenvalue weighted by molar-refractivity contribution is 5.78. The maximum absolute atomic E-state index is 9.87. The van der Waals surface area contributed by atoms with Crippen LogP contribution in [0.4, 0.5) is 0 Å². The van der Waals surface area contributed by atoms with E-state index in [-0.39, 0.29) is 6.61 Å². The first-order valence-corrected chi connectivity index (χ1v) is 4.23. The number of rotatable bonds is 3. The molecule has 1 aromatic carbocycles. The lowest BCUT2D eigenvalue weighted by molar-refractivity contribution is 0.267. The van der Waals surface area contributed by atoms with E-state index < -0.39 is 0 Å². The SMILES string of the molecule is O=[C]OCc1cnc2ccccc2c1. The highest BCUT2D eigenvalue weighted by Crippen LogP contribution is 2.12. The number of benzene rings is 1. The summed E-state index contributed by atoms with van der Waals surface area (Å²) >= 11 is 0. The zero-order chi connectivity index (χ0) is 9.80. The quantitative estimate of drug-likeness (QED) is 0.733. The van der Waals surface area contributed by atoms with Gasteiger partial charge in [-0.15, -0.1) is 0 Å². The van der Waals surface area contributed by atoms with Gasteiger partial charge in [0.1, 0.15) is 6.61 Å². The Morgan fingerprint density at radius 1 is 1.36 bits per heavy atom. The molecule has 3 heteroatoms. The van der Waals surface area contributed by atoms with Crippen LogP contribution in [0.2, 0.25) is 0 Å². The summed E-state index contributed by atoms with van der Waals surface area (Å²) in [5.74, 6) is 0. The van der Waals surface area contributed by atoms with Crippen molar-refractivity contribution in [2.24, 2.45) is 0 Å². The second kappa shape index (κ2) is 3.87. The van der Waals surface area contributed by atoms with Crippen molar-refractivity contribution in [1.82, 2.24) is 4.98 Å². The van der Waals surface area contributed by atoms with E-state index in [1.54, 1.807) is 6.20 Å². The van der Waals surface area contributed by atoms with Crippen molar-refractivity contribution < 1.29 is 9.53 Å². The molecule has 0 bridgehead atoms. The first-order chi connectivity index (χ1) is 6.90. The molecule has 2 aromatic rings. The molecule has 0 saturated heterocycles. The lowest BCUT2D eigenvalue weighted by atomic mass is 10.2. The lowest BCUT2D eigenvalue weighted by Gasteiger charge is -2.00. The minimum absolute atomic E-state index is 0.224. The van der Waals surface area contributed by atoms with Crippen LogP contribution in [0, 0.1) is 0 Å². The Labute approximate surface area is 81.3 Å².